The van der Waals surface area contributed by atoms with Crippen molar-refractivity contribution < 1.29 is 9.13 Å². The number of rotatable bonds is 6. The molecule has 0 amide bonds. The molecule has 0 spiro atoms. The fourth-order valence-electron chi connectivity index (χ4n) is 2.92. The van der Waals surface area contributed by atoms with E-state index in [1.807, 2.05) is 13.2 Å². The highest BCUT2D eigenvalue weighted by atomic mass is 32.1. The van der Waals surface area contributed by atoms with Crippen molar-refractivity contribution in [3.63, 3.8) is 0 Å². The molecule has 2 aromatic heterocycles. The third kappa shape index (κ3) is 4.00. The van der Waals surface area contributed by atoms with E-state index in [1.54, 1.807) is 23.6 Å². The normalized spacial score (nSPS) is 18.5. The third-order valence-corrected chi connectivity index (χ3v) is 5.08. The van der Waals surface area contributed by atoms with Gasteiger partial charge in [0.25, 0.3) is 0 Å². The topological polar surface area (TPSA) is 62.3 Å². The van der Waals surface area contributed by atoms with Crippen molar-refractivity contribution in [2.45, 2.75) is 19.0 Å². The van der Waals surface area contributed by atoms with Gasteiger partial charge in [0.1, 0.15) is 0 Å². The van der Waals surface area contributed by atoms with Gasteiger partial charge in [-0.3, -0.25) is 4.90 Å². The van der Waals surface area contributed by atoms with Gasteiger partial charge in [-0.1, -0.05) is 0 Å². The number of ether oxygens (including phenoxy) is 1. The predicted octanol–water partition coefficient (Wildman–Crippen LogP) is 1.74. The summed E-state index contributed by atoms with van der Waals surface area (Å²) in [6.45, 7) is 3.62. The van der Waals surface area contributed by atoms with E-state index in [0.29, 0.717) is 12.0 Å². The smallest absolute Gasteiger partial charge is 0.250 e. The zero-order valence-electron chi connectivity index (χ0n) is 13.9. The van der Waals surface area contributed by atoms with Crippen molar-refractivity contribution >= 4 is 16.5 Å². The van der Waals surface area contributed by atoms with Crippen LogP contribution >= 0.6 is 11.3 Å². The molecule has 8 heteroatoms. The molecule has 24 heavy (non-hydrogen) atoms. The summed E-state index contributed by atoms with van der Waals surface area (Å²) in [5.41, 5.74) is 0.636. The molecule has 130 valence electrons. The SMILES string of the molecule is CNc1ncc(CN2CCNC(Cc3ccnc(OC)c3F)C2)s1. The van der Waals surface area contributed by atoms with Gasteiger partial charge in [-0.15, -0.1) is 11.3 Å². The fourth-order valence-corrected chi connectivity index (χ4v) is 3.73. The third-order valence-electron chi connectivity index (χ3n) is 4.08. The van der Waals surface area contributed by atoms with Gasteiger partial charge in [0.05, 0.1) is 7.11 Å². The molecule has 0 radical (unpaired) electrons. The lowest BCUT2D eigenvalue weighted by molar-refractivity contribution is 0.192. The van der Waals surface area contributed by atoms with Crippen LogP contribution in [0.1, 0.15) is 10.4 Å². The molecule has 2 aromatic rings. The maximum atomic E-state index is 14.3. The zero-order valence-corrected chi connectivity index (χ0v) is 14.7. The van der Waals surface area contributed by atoms with Crippen molar-refractivity contribution in [3.8, 4) is 5.88 Å². The molecule has 0 bridgehead atoms. The quantitative estimate of drug-likeness (QED) is 0.827. The first-order valence-corrected chi connectivity index (χ1v) is 8.76. The molecule has 3 rings (SSSR count). The highest BCUT2D eigenvalue weighted by Gasteiger charge is 2.22. The second-order valence-electron chi connectivity index (χ2n) is 5.77. The summed E-state index contributed by atoms with van der Waals surface area (Å²) < 4.78 is 19.2. The minimum absolute atomic E-state index is 0.0596. The number of aromatic nitrogens is 2. The maximum absolute atomic E-state index is 14.3. The molecule has 1 aliphatic rings. The lowest BCUT2D eigenvalue weighted by atomic mass is 10.0. The van der Waals surface area contributed by atoms with Crippen molar-refractivity contribution in [2.24, 2.45) is 0 Å². The first-order valence-electron chi connectivity index (χ1n) is 7.95. The molecule has 1 unspecified atom stereocenters. The summed E-state index contributed by atoms with van der Waals surface area (Å²) in [6, 6.07) is 1.93. The number of thiazole rings is 1. The Morgan fingerprint density at radius 3 is 3.12 bits per heavy atom. The van der Waals surface area contributed by atoms with E-state index < -0.39 is 0 Å². The van der Waals surface area contributed by atoms with E-state index in [9.17, 15) is 4.39 Å². The monoisotopic (exact) mass is 351 g/mol. The molecule has 1 saturated heterocycles. The van der Waals surface area contributed by atoms with Crippen LogP contribution in [0.4, 0.5) is 9.52 Å². The number of nitrogens with one attached hydrogen (secondary N) is 2. The summed E-state index contributed by atoms with van der Waals surface area (Å²) in [7, 11) is 3.31. The standard InChI is InChI=1S/C16H22FN5OS/c1-18-16-21-8-13(24-16)10-22-6-5-19-12(9-22)7-11-3-4-20-15(23-2)14(11)17/h3-4,8,12,19H,5-7,9-10H2,1-2H3,(H,18,21). The lowest BCUT2D eigenvalue weighted by Gasteiger charge is -2.33. The zero-order chi connectivity index (χ0) is 16.9. The van der Waals surface area contributed by atoms with Crippen LogP contribution in [0.25, 0.3) is 0 Å². The van der Waals surface area contributed by atoms with E-state index >= 15 is 0 Å². The minimum Gasteiger partial charge on any atom is -0.479 e. The molecule has 0 aliphatic carbocycles. The first-order chi connectivity index (χ1) is 11.7. The van der Waals surface area contributed by atoms with Crippen molar-refractivity contribution in [1.82, 2.24) is 20.2 Å². The molecule has 6 nitrogen and oxygen atoms in total. The summed E-state index contributed by atoms with van der Waals surface area (Å²) in [6.07, 6.45) is 4.13. The lowest BCUT2D eigenvalue weighted by Crippen LogP contribution is -2.51. The van der Waals surface area contributed by atoms with E-state index in [1.165, 1.54) is 12.0 Å². The Labute approximate surface area is 145 Å². The Balaban J connectivity index is 1.61. The number of hydrogen-bond donors (Lipinski definition) is 2. The molecule has 1 aliphatic heterocycles. The second kappa shape index (κ2) is 7.87. The second-order valence-corrected chi connectivity index (χ2v) is 6.88. The first kappa shape index (κ1) is 17.1. The van der Waals surface area contributed by atoms with Gasteiger partial charge in [0.15, 0.2) is 10.9 Å². The van der Waals surface area contributed by atoms with Crippen molar-refractivity contribution in [3.05, 3.63) is 34.7 Å². The Morgan fingerprint density at radius 2 is 2.38 bits per heavy atom. The molecule has 3 heterocycles. The Morgan fingerprint density at radius 1 is 1.50 bits per heavy atom. The molecule has 0 saturated carbocycles. The number of nitrogens with zero attached hydrogens (tertiary/aromatic N) is 3. The van der Waals surface area contributed by atoms with Crippen LogP contribution in [0.2, 0.25) is 0 Å². The van der Waals surface area contributed by atoms with Crippen LogP contribution in [-0.2, 0) is 13.0 Å². The van der Waals surface area contributed by atoms with Gasteiger partial charge < -0.3 is 15.4 Å². The van der Waals surface area contributed by atoms with Gasteiger partial charge in [0.2, 0.25) is 5.88 Å². The summed E-state index contributed by atoms with van der Waals surface area (Å²) in [4.78, 5) is 11.8. The van der Waals surface area contributed by atoms with Crippen molar-refractivity contribution in [2.75, 3.05) is 39.1 Å². The van der Waals surface area contributed by atoms with Gasteiger partial charge in [-0.05, 0) is 18.1 Å². The average Bonchev–Trinajstić information content (AvgIpc) is 3.05. The van der Waals surface area contributed by atoms with Gasteiger partial charge in [0, 0.05) is 56.5 Å². The highest BCUT2D eigenvalue weighted by molar-refractivity contribution is 7.15. The van der Waals surface area contributed by atoms with E-state index in [0.717, 1.165) is 31.3 Å². The summed E-state index contributed by atoms with van der Waals surface area (Å²) in [5, 5.41) is 7.46. The molecule has 0 aromatic carbocycles. The molecular weight excluding hydrogens is 329 g/mol. The molecule has 1 fully saturated rings. The van der Waals surface area contributed by atoms with E-state index in [4.69, 9.17) is 4.74 Å². The minimum atomic E-state index is -0.361. The van der Waals surface area contributed by atoms with Crippen LogP contribution < -0.4 is 15.4 Å². The number of methoxy groups -OCH3 is 1. The number of anilines is 1. The van der Waals surface area contributed by atoms with E-state index in [2.05, 4.69) is 25.5 Å². The predicted molar refractivity (Wildman–Crippen MR) is 93.2 cm³/mol. The van der Waals surface area contributed by atoms with Crippen LogP contribution in [0.5, 0.6) is 5.88 Å². The number of piperazine rings is 1. The summed E-state index contributed by atoms with van der Waals surface area (Å²) >= 11 is 1.67. The van der Waals surface area contributed by atoms with Crippen molar-refractivity contribution in [1.29, 1.82) is 0 Å². The average molecular weight is 351 g/mol. The van der Waals surface area contributed by atoms with Crippen LogP contribution in [0, 0.1) is 5.82 Å². The number of halogens is 1. The van der Waals surface area contributed by atoms with E-state index in [-0.39, 0.29) is 17.7 Å². The van der Waals surface area contributed by atoms with Gasteiger partial charge in [-0.2, -0.15) is 0 Å². The van der Waals surface area contributed by atoms with Gasteiger partial charge >= 0.3 is 0 Å². The highest BCUT2D eigenvalue weighted by Crippen LogP contribution is 2.21. The molecular formula is C16H22FN5OS. The Bertz CT molecular complexity index is 680. The summed E-state index contributed by atoms with van der Waals surface area (Å²) in [5.74, 6) is -0.301. The Kier molecular flexibility index (Phi) is 5.60. The van der Waals surface area contributed by atoms with Crippen LogP contribution in [-0.4, -0.2) is 54.7 Å². The number of pyridine rings is 1. The van der Waals surface area contributed by atoms with Gasteiger partial charge in [-0.25, -0.2) is 14.4 Å². The largest absolute Gasteiger partial charge is 0.479 e. The molecule has 1 atom stereocenters. The van der Waals surface area contributed by atoms with Crippen LogP contribution in [0.15, 0.2) is 18.5 Å². The number of hydrogen-bond acceptors (Lipinski definition) is 7. The molecule has 2 N–H and O–H groups in total. The fraction of sp³-hybridized carbons (Fsp3) is 0.500. The Hall–Kier alpha value is -1.77. The van der Waals surface area contributed by atoms with Crippen LogP contribution in [0.3, 0.4) is 0 Å². The maximum Gasteiger partial charge on any atom is 0.250 e.